The monoisotopic (exact) mass is 525 g/mol. The van der Waals surface area contributed by atoms with Crippen LogP contribution < -0.4 is 15.1 Å². The Bertz CT molecular complexity index is 1450. The van der Waals surface area contributed by atoms with Gasteiger partial charge in [-0.05, 0) is 86.2 Å². The number of aromatic hydroxyl groups is 1. The number of nitrogens with one attached hydrogen (secondary N) is 1. The summed E-state index contributed by atoms with van der Waals surface area (Å²) in [6.45, 7) is 7.64. The van der Waals surface area contributed by atoms with Crippen LogP contribution in [0.4, 0.5) is 11.4 Å². The van der Waals surface area contributed by atoms with Gasteiger partial charge in [-0.1, -0.05) is 18.2 Å². The fourth-order valence-corrected chi connectivity index (χ4v) is 6.06. The average Bonchev–Trinajstić information content (AvgIpc) is 3.44. The highest BCUT2D eigenvalue weighted by Gasteiger charge is 2.43. The minimum Gasteiger partial charge on any atom is -0.506 e. The summed E-state index contributed by atoms with van der Waals surface area (Å²) >= 11 is 5.84. The first-order chi connectivity index (χ1) is 18.5. The van der Waals surface area contributed by atoms with Crippen molar-refractivity contribution in [2.45, 2.75) is 25.9 Å². The summed E-state index contributed by atoms with van der Waals surface area (Å²) in [5, 5.41) is 14.8. The zero-order valence-electron chi connectivity index (χ0n) is 21.5. The van der Waals surface area contributed by atoms with Crippen LogP contribution in [0.3, 0.4) is 0 Å². The summed E-state index contributed by atoms with van der Waals surface area (Å²) in [6, 6.07) is 23.9. The molecule has 0 bridgehead atoms. The maximum Gasteiger partial charge on any atom is 0.174 e. The van der Waals surface area contributed by atoms with Gasteiger partial charge in [0.25, 0.3) is 0 Å². The van der Waals surface area contributed by atoms with Crippen LogP contribution >= 0.6 is 12.2 Å². The minimum absolute atomic E-state index is 0.180. The molecule has 2 aromatic heterocycles. The SMILES string of the molecule is Cc1cc([C@H]2[C@@H](c3ccccn3)NC(=S)N2c2ccccc2O)c(C)n1-c1ccc(N2CCOCC2)cc1. The summed E-state index contributed by atoms with van der Waals surface area (Å²) in [6.07, 6.45) is 1.80. The third-order valence-corrected chi connectivity index (χ3v) is 7.83. The molecule has 2 atom stereocenters. The van der Waals surface area contributed by atoms with Gasteiger partial charge in [0.2, 0.25) is 0 Å². The quantitative estimate of drug-likeness (QED) is 0.347. The van der Waals surface area contributed by atoms with Crippen LogP contribution in [0.15, 0.2) is 79.0 Å². The van der Waals surface area contributed by atoms with Crippen LogP contribution in [0.1, 0.15) is 34.7 Å². The van der Waals surface area contributed by atoms with Crippen molar-refractivity contribution < 1.29 is 9.84 Å². The van der Waals surface area contributed by atoms with Gasteiger partial charge in [0.05, 0.1) is 36.7 Å². The molecule has 2 fully saturated rings. The molecular weight excluding hydrogens is 494 g/mol. The van der Waals surface area contributed by atoms with Crippen LogP contribution in [-0.2, 0) is 4.74 Å². The number of anilines is 2. The van der Waals surface area contributed by atoms with E-state index in [1.807, 2.05) is 41.3 Å². The fraction of sp³-hybridized carbons (Fsp3) is 0.267. The Morgan fingerprint density at radius 2 is 1.66 bits per heavy atom. The van der Waals surface area contributed by atoms with Gasteiger partial charge < -0.3 is 29.5 Å². The smallest absolute Gasteiger partial charge is 0.174 e. The van der Waals surface area contributed by atoms with E-state index >= 15 is 0 Å². The maximum absolute atomic E-state index is 10.8. The van der Waals surface area contributed by atoms with E-state index in [4.69, 9.17) is 17.0 Å². The number of aromatic nitrogens is 2. The minimum atomic E-state index is -0.196. The van der Waals surface area contributed by atoms with Gasteiger partial charge in [-0.25, -0.2) is 0 Å². The highest BCUT2D eigenvalue weighted by Crippen LogP contribution is 2.45. The molecule has 194 valence electrons. The molecule has 2 aromatic carbocycles. The summed E-state index contributed by atoms with van der Waals surface area (Å²) in [7, 11) is 0. The standard InChI is InChI=1S/C30H31N5O2S/c1-20-19-24(21(2)34(20)23-12-10-22(11-13-23)33-15-17-37-18-16-33)29-28(25-7-5-6-14-31-25)32-30(38)35(29)26-8-3-4-9-27(26)36/h3-14,19,28-29,36H,15-18H2,1-2H3,(H,32,38)/t28-,29+/m1/s1. The first-order valence-corrected chi connectivity index (χ1v) is 13.3. The van der Waals surface area contributed by atoms with Crippen LogP contribution in [0.2, 0.25) is 0 Å². The van der Waals surface area contributed by atoms with Crippen LogP contribution in [0.25, 0.3) is 5.69 Å². The summed E-state index contributed by atoms with van der Waals surface area (Å²) in [5.41, 5.74) is 7.29. The number of para-hydroxylation sites is 2. The van der Waals surface area contributed by atoms with Gasteiger partial charge in [0, 0.05) is 42.0 Å². The lowest BCUT2D eigenvalue weighted by Gasteiger charge is -2.29. The zero-order chi connectivity index (χ0) is 26.2. The second-order valence-corrected chi connectivity index (χ2v) is 10.1. The van der Waals surface area contributed by atoms with Gasteiger partial charge in [-0.2, -0.15) is 0 Å². The second-order valence-electron chi connectivity index (χ2n) is 9.76. The van der Waals surface area contributed by atoms with E-state index in [-0.39, 0.29) is 17.8 Å². The van der Waals surface area contributed by atoms with Gasteiger partial charge in [-0.3, -0.25) is 4.98 Å². The van der Waals surface area contributed by atoms with Crippen molar-refractivity contribution in [1.29, 1.82) is 0 Å². The molecule has 2 aliphatic heterocycles. The Labute approximate surface area is 228 Å². The Morgan fingerprint density at radius 3 is 2.37 bits per heavy atom. The fourth-order valence-electron chi connectivity index (χ4n) is 5.72. The first kappa shape index (κ1) is 24.5. The van der Waals surface area contributed by atoms with Crippen molar-refractivity contribution in [3.05, 3.63) is 102 Å². The largest absolute Gasteiger partial charge is 0.506 e. The number of rotatable bonds is 5. The number of aryl methyl sites for hydroxylation is 1. The molecule has 0 saturated carbocycles. The van der Waals surface area contributed by atoms with E-state index in [2.05, 4.69) is 63.9 Å². The lowest BCUT2D eigenvalue weighted by atomic mass is 9.96. The van der Waals surface area contributed by atoms with E-state index in [1.54, 1.807) is 12.3 Å². The van der Waals surface area contributed by atoms with E-state index in [9.17, 15) is 5.11 Å². The molecule has 2 saturated heterocycles. The molecule has 0 unspecified atom stereocenters. The molecule has 7 nitrogen and oxygen atoms in total. The summed E-state index contributed by atoms with van der Waals surface area (Å²) in [5.74, 6) is 0.191. The Kier molecular flexibility index (Phi) is 6.51. The molecular formula is C30H31N5O2S. The number of benzene rings is 2. The average molecular weight is 526 g/mol. The van der Waals surface area contributed by atoms with Crippen molar-refractivity contribution in [3.63, 3.8) is 0 Å². The molecule has 4 aromatic rings. The number of hydrogen-bond donors (Lipinski definition) is 2. The number of morpholine rings is 1. The number of pyridine rings is 1. The highest BCUT2D eigenvalue weighted by atomic mass is 32.1. The molecule has 38 heavy (non-hydrogen) atoms. The van der Waals surface area contributed by atoms with Crippen molar-refractivity contribution in [2.24, 2.45) is 0 Å². The molecule has 8 heteroatoms. The molecule has 2 N–H and O–H groups in total. The van der Waals surface area contributed by atoms with Crippen molar-refractivity contribution in [1.82, 2.24) is 14.9 Å². The first-order valence-electron chi connectivity index (χ1n) is 12.9. The predicted molar refractivity (Wildman–Crippen MR) is 154 cm³/mol. The lowest BCUT2D eigenvalue weighted by Crippen LogP contribution is -2.36. The lowest BCUT2D eigenvalue weighted by molar-refractivity contribution is 0.122. The number of thiocarbonyl (C=S) groups is 1. The number of ether oxygens (including phenoxy) is 1. The summed E-state index contributed by atoms with van der Waals surface area (Å²) in [4.78, 5) is 9.05. The van der Waals surface area contributed by atoms with Crippen LogP contribution in [0, 0.1) is 13.8 Å². The topological polar surface area (TPSA) is 65.8 Å². The van der Waals surface area contributed by atoms with E-state index in [0.29, 0.717) is 10.8 Å². The van der Waals surface area contributed by atoms with Crippen molar-refractivity contribution in [2.75, 3.05) is 36.1 Å². The number of phenols is 1. The third-order valence-electron chi connectivity index (χ3n) is 7.51. The van der Waals surface area contributed by atoms with Gasteiger partial charge >= 0.3 is 0 Å². The van der Waals surface area contributed by atoms with Gasteiger partial charge in [0.1, 0.15) is 5.75 Å². The van der Waals surface area contributed by atoms with Crippen LogP contribution in [-0.4, -0.2) is 46.1 Å². The number of phenolic OH excluding ortho intramolecular Hbond substituents is 1. The van der Waals surface area contributed by atoms with E-state index in [0.717, 1.165) is 54.6 Å². The zero-order valence-corrected chi connectivity index (χ0v) is 22.4. The third kappa shape index (κ3) is 4.29. The Morgan fingerprint density at radius 1 is 0.947 bits per heavy atom. The van der Waals surface area contributed by atoms with Gasteiger partial charge in [0.15, 0.2) is 5.11 Å². The molecule has 0 radical (unpaired) electrons. The molecule has 0 aliphatic carbocycles. The Balaban J connectivity index is 1.43. The predicted octanol–water partition coefficient (Wildman–Crippen LogP) is 5.21. The van der Waals surface area contributed by atoms with Crippen molar-refractivity contribution in [3.8, 4) is 11.4 Å². The van der Waals surface area contributed by atoms with Gasteiger partial charge in [-0.15, -0.1) is 0 Å². The summed E-state index contributed by atoms with van der Waals surface area (Å²) < 4.78 is 7.80. The van der Waals surface area contributed by atoms with Crippen molar-refractivity contribution >= 4 is 28.7 Å². The number of nitrogens with zero attached hydrogens (tertiary/aromatic N) is 4. The maximum atomic E-state index is 10.8. The Hall–Kier alpha value is -3.88. The van der Waals surface area contributed by atoms with Crippen LogP contribution in [0.5, 0.6) is 5.75 Å². The highest BCUT2D eigenvalue weighted by molar-refractivity contribution is 7.80. The normalized spacial score (nSPS) is 19.6. The molecule has 0 amide bonds. The second kappa shape index (κ2) is 10.1. The van der Waals surface area contributed by atoms with E-state index in [1.165, 1.54) is 5.69 Å². The molecule has 2 aliphatic rings. The molecule has 4 heterocycles. The van der Waals surface area contributed by atoms with E-state index < -0.39 is 0 Å². The molecule has 0 spiro atoms. The molecule has 6 rings (SSSR count). The number of hydrogen-bond acceptors (Lipinski definition) is 5.